The van der Waals surface area contributed by atoms with Crippen LogP contribution in [0.15, 0.2) is 134 Å². The maximum atomic E-state index is 4.29. The first-order valence-corrected chi connectivity index (χ1v) is 12.7. The van der Waals surface area contributed by atoms with Gasteiger partial charge in [-0.3, -0.25) is 4.98 Å². The van der Waals surface area contributed by atoms with Crippen LogP contribution in [0.3, 0.4) is 0 Å². The summed E-state index contributed by atoms with van der Waals surface area (Å²) >= 11 is 0. The molecule has 1 heterocycles. The van der Waals surface area contributed by atoms with Crippen LogP contribution in [0.1, 0.15) is 5.56 Å². The molecule has 0 unspecified atom stereocenters. The van der Waals surface area contributed by atoms with E-state index in [1.807, 2.05) is 18.5 Å². The number of fused-ring (bicyclic) bond motifs is 3. The van der Waals surface area contributed by atoms with Crippen LogP contribution in [0.2, 0.25) is 0 Å². The summed E-state index contributed by atoms with van der Waals surface area (Å²) in [4.78, 5) is 4.29. The summed E-state index contributed by atoms with van der Waals surface area (Å²) in [5.41, 5.74) is 8.70. The number of hydrogen-bond donors (Lipinski definition) is 0. The maximum absolute atomic E-state index is 4.29. The van der Waals surface area contributed by atoms with Gasteiger partial charge in [-0.2, -0.15) is 0 Å². The highest BCUT2D eigenvalue weighted by atomic mass is 14.6. The van der Waals surface area contributed by atoms with E-state index in [9.17, 15) is 0 Å². The smallest absolute Gasteiger partial charge is 0.0346 e. The highest BCUT2D eigenvalue weighted by Crippen LogP contribution is 2.44. The SMILES string of the molecule is Cc1cccc(-c2c3ccccc3c(-c3ccc4cc(-c5cccnc5)ccc4c3)c3ccccc23)c1. The molecular weight excluding hydrogens is 446 g/mol. The fourth-order valence-electron chi connectivity index (χ4n) is 5.67. The summed E-state index contributed by atoms with van der Waals surface area (Å²) in [5, 5.41) is 7.60. The number of rotatable bonds is 3. The van der Waals surface area contributed by atoms with Crippen molar-refractivity contribution in [3.63, 3.8) is 0 Å². The normalized spacial score (nSPS) is 11.4. The van der Waals surface area contributed by atoms with Crippen LogP contribution in [0, 0.1) is 6.92 Å². The van der Waals surface area contributed by atoms with Gasteiger partial charge in [-0.05, 0) is 85.3 Å². The van der Waals surface area contributed by atoms with Crippen LogP contribution in [-0.2, 0) is 0 Å². The standard InChI is InChI=1S/C36H25N/c1-24-8-6-9-28(20-24)35-31-11-2-4-13-33(31)36(34-14-5-3-12-32(34)35)29-18-17-25-21-27(16-15-26(25)22-29)30-10-7-19-37-23-30/h2-23H,1H3. The molecule has 0 saturated carbocycles. The van der Waals surface area contributed by atoms with E-state index in [0.717, 1.165) is 5.56 Å². The summed E-state index contributed by atoms with van der Waals surface area (Å²) in [5.74, 6) is 0. The van der Waals surface area contributed by atoms with Gasteiger partial charge in [0.05, 0.1) is 0 Å². The summed E-state index contributed by atoms with van der Waals surface area (Å²) in [7, 11) is 0. The summed E-state index contributed by atoms with van der Waals surface area (Å²) in [6.45, 7) is 2.16. The Bertz CT molecular complexity index is 1880. The van der Waals surface area contributed by atoms with Gasteiger partial charge in [0.15, 0.2) is 0 Å². The van der Waals surface area contributed by atoms with Crippen LogP contribution < -0.4 is 0 Å². The first-order chi connectivity index (χ1) is 18.3. The third-order valence-corrected chi connectivity index (χ3v) is 7.36. The number of pyridine rings is 1. The predicted molar refractivity (Wildman–Crippen MR) is 158 cm³/mol. The molecule has 0 saturated heterocycles. The van der Waals surface area contributed by atoms with Crippen molar-refractivity contribution in [3.8, 4) is 33.4 Å². The molecule has 0 amide bonds. The van der Waals surface area contributed by atoms with E-state index in [2.05, 4.69) is 127 Å². The topological polar surface area (TPSA) is 12.9 Å². The second-order valence-corrected chi connectivity index (χ2v) is 9.73. The molecule has 0 aliphatic rings. The van der Waals surface area contributed by atoms with Gasteiger partial charge in [0.1, 0.15) is 0 Å². The molecule has 1 nitrogen and oxygen atoms in total. The van der Waals surface area contributed by atoms with Crippen molar-refractivity contribution in [2.24, 2.45) is 0 Å². The van der Waals surface area contributed by atoms with Crippen molar-refractivity contribution in [1.82, 2.24) is 4.98 Å². The molecule has 1 aromatic heterocycles. The van der Waals surface area contributed by atoms with E-state index in [1.165, 1.54) is 65.7 Å². The molecule has 0 aliphatic heterocycles. The lowest BCUT2D eigenvalue weighted by atomic mass is 9.85. The van der Waals surface area contributed by atoms with Crippen molar-refractivity contribution in [3.05, 3.63) is 139 Å². The Hall–Kier alpha value is -4.75. The lowest BCUT2D eigenvalue weighted by Crippen LogP contribution is -1.91. The van der Waals surface area contributed by atoms with Gasteiger partial charge in [-0.15, -0.1) is 0 Å². The summed E-state index contributed by atoms with van der Waals surface area (Å²) in [6, 6.07) is 44.2. The first kappa shape index (κ1) is 21.5. The molecule has 1 heteroatoms. The fraction of sp³-hybridized carbons (Fsp3) is 0.0278. The van der Waals surface area contributed by atoms with Crippen molar-refractivity contribution < 1.29 is 0 Å². The van der Waals surface area contributed by atoms with E-state index in [-0.39, 0.29) is 0 Å². The van der Waals surface area contributed by atoms with Gasteiger partial charge in [-0.1, -0.05) is 109 Å². The number of aryl methyl sites for hydroxylation is 1. The summed E-state index contributed by atoms with van der Waals surface area (Å²) < 4.78 is 0. The van der Waals surface area contributed by atoms with E-state index in [0.29, 0.717) is 0 Å². The molecular formula is C36H25N. The Morgan fingerprint density at radius 1 is 0.432 bits per heavy atom. The van der Waals surface area contributed by atoms with Gasteiger partial charge in [0.25, 0.3) is 0 Å². The Kier molecular flexibility index (Phi) is 5.08. The molecule has 7 aromatic rings. The molecule has 0 spiro atoms. The van der Waals surface area contributed by atoms with Crippen molar-refractivity contribution in [1.29, 1.82) is 0 Å². The van der Waals surface area contributed by atoms with Gasteiger partial charge in [-0.25, -0.2) is 0 Å². The second kappa shape index (κ2) is 8.72. The van der Waals surface area contributed by atoms with Crippen LogP contribution in [0.4, 0.5) is 0 Å². The first-order valence-electron chi connectivity index (χ1n) is 12.7. The lowest BCUT2D eigenvalue weighted by Gasteiger charge is -2.18. The average molecular weight is 472 g/mol. The molecule has 0 radical (unpaired) electrons. The third-order valence-electron chi connectivity index (χ3n) is 7.36. The second-order valence-electron chi connectivity index (χ2n) is 9.73. The van der Waals surface area contributed by atoms with Gasteiger partial charge in [0.2, 0.25) is 0 Å². The zero-order chi connectivity index (χ0) is 24.8. The molecule has 174 valence electrons. The molecule has 7 rings (SSSR count). The van der Waals surface area contributed by atoms with E-state index < -0.39 is 0 Å². The van der Waals surface area contributed by atoms with Crippen molar-refractivity contribution in [2.75, 3.05) is 0 Å². The molecule has 0 atom stereocenters. The zero-order valence-electron chi connectivity index (χ0n) is 20.6. The van der Waals surface area contributed by atoms with Crippen molar-refractivity contribution in [2.45, 2.75) is 6.92 Å². The minimum Gasteiger partial charge on any atom is -0.264 e. The average Bonchev–Trinajstić information content (AvgIpc) is 2.95. The number of benzene rings is 6. The maximum Gasteiger partial charge on any atom is 0.0346 e. The number of nitrogens with zero attached hydrogens (tertiary/aromatic N) is 1. The van der Waals surface area contributed by atoms with Crippen LogP contribution in [-0.4, -0.2) is 4.98 Å². The van der Waals surface area contributed by atoms with Crippen LogP contribution >= 0.6 is 0 Å². The quantitative estimate of drug-likeness (QED) is 0.234. The molecule has 37 heavy (non-hydrogen) atoms. The largest absolute Gasteiger partial charge is 0.264 e. The Morgan fingerprint density at radius 3 is 1.54 bits per heavy atom. The molecule has 0 aliphatic carbocycles. The number of aromatic nitrogens is 1. The van der Waals surface area contributed by atoms with Crippen molar-refractivity contribution >= 4 is 32.3 Å². The highest BCUT2D eigenvalue weighted by molar-refractivity contribution is 6.21. The highest BCUT2D eigenvalue weighted by Gasteiger charge is 2.16. The molecule has 0 bridgehead atoms. The van der Waals surface area contributed by atoms with Gasteiger partial charge < -0.3 is 0 Å². The Morgan fingerprint density at radius 2 is 0.973 bits per heavy atom. The van der Waals surface area contributed by atoms with Gasteiger partial charge in [0, 0.05) is 18.0 Å². The van der Waals surface area contributed by atoms with Gasteiger partial charge >= 0.3 is 0 Å². The molecule has 0 N–H and O–H groups in total. The predicted octanol–water partition coefficient (Wildman–Crippen LogP) is 9.85. The third kappa shape index (κ3) is 3.68. The fourth-order valence-corrected chi connectivity index (χ4v) is 5.67. The minimum atomic E-state index is 1.14. The Labute approximate surface area is 216 Å². The molecule has 0 fully saturated rings. The zero-order valence-corrected chi connectivity index (χ0v) is 20.6. The lowest BCUT2D eigenvalue weighted by molar-refractivity contribution is 1.33. The van der Waals surface area contributed by atoms with Crippen LogP contribution in [0.5, 0.6) is 0 Å². The van der Waals surface area contributed by atoms with E-state index in [1.54, 1.807) is 0 Å². The van der Waals surface area contributed by atoms with E-state index >= 15 is 0 Å². The number of hydrogen-bond acceptors (Lipinski definition) is 1. The minimum absolute atomic E-state index is 1.14. The van der Waals surface area contributed by atoms with E-state index in [4.69, 9.17) is 0 Å². The summed E-state index contributed by atoms with van der Waals surface area (Å²) in [6.07, 6.45) is 3.74. The monoisotopic (exact) mass is 471 g/mol. The molecule has 6 aromatic carbocycles. The van der Waals surface area contributed by atoms with Crippen LogP contribution in [0.25, 0.3) is 65.7 Å². The Balaban J connectivity index is 1.49.